The Balaban J connectivity index is 1.49. The van der Waals surface area contributed by atoms with Gasteiger partial charge in [-0.25, -0.2) is 0 Å². The molecule has 0 aliphatic heterocycles. The number of benzene rings is 1. The summed E-state index contributed by atoms with van der Waals surface area (Å²) in [6, 6.07) is 9.70. The van der Waals surface area contributed by atoms with Crippen LogP contribution in [0, 0.1) is 10.8 Å². The molecule has 2 aliphatic carbocycles. The number of hydrogen-bond donors (Lipinski definition) is 2. The van der Waals surface area contributed by atoms with E-state index in [-0.39, 0.29) is 52.8 Å². The molecule has 1 heterocycles. The number of hydrogen-bond acceptors (Lipinski definition) is 6. The SMILES string of the molecule is CC1(C)CC(=O)c2c(CCC(O)=C3C(=N)CC(c4ccccc4)CC3=O)noc2C1. The van der Waals surface area contributed by atoms with Crippen LogP contribution in [0.15, 0.2) is 46.2 Å². The number of ketones is 2. The zero-order chi connectivity index (χ0) is 21.5. The predicted molar refractivity (Wildman–Crippen MR) is 112 cm³/mol. The van der Waals surface area contributed by atoms with E-state index in [9.17, 15) is 14.7 Å². The van der Waals surface area contributed by atoms with Crippen LogP contribution in [0.5, 0.6) is 0 Å². The van der Waals surface area contributed by atoms with E-state index in [4.69, 9.17) is 9.93 Å². The number of aliphatic hydroxyl groups excluding tert-OH is 1. The molecule has 1 aromatic carbocycles. The summed E-state index contributed by atoms with van der Waals surface area (Å²) in [5.41, 5.74) is 2.22. The summed E-state index contributed by atoms with van der Waals surface area (Å²) in [7, 11) is 0. The average Bonchev–Trinajstić information content (AvgIpc) is 3.08. The normalized spacial score (nSPS) is 22.7. The van der Waals surface area contributed by atoms with Gasteiger partial charge in [-0.3, -0.25) is 9.59 Å². The number of Topliss-reactive ketones (excluding diaryl/α,β-unsaturated/α-hetero) is 2. The minimum atomic E-state index is -0.211. The van der Waals surface area contributed by atoms with Gasteiger partial charge in [-0.1, -0.05) is 49.3 Å². The van der Waals surface area contributed by atoms with Crippen molar-refractivity contribution in [2.24, 2.45) is 5.41 Å². The maximum Gasteiger partial charge on any atom is 0.168 e. The Morgan fingerprint density at radius 2 is 1.90 bits per heavy atom. The van der Waals surface area contributed by atoms with E-state index in [1.165, 1.54) is 0 Å². The standard InChI is InChI=1S/C24H26N2O4/c1-24(2)12-20(29)23-17(26-30-21(23)13-24)8-9-18(27)22-16(25)10-15(11-19(22)28)14-6-4-3-5-7-14/h3-7,15,25,27H,8-13H2,1-2H3. The summed E-state index contributed by atoms with van der Waals surface area (Å²) in [5.74, 6) is 0.267. The highest BCUT2D eigenvalue weighted by atomic mass is 16.5. The number of allylic oxidation sites excluding steroid dienone is 2. The highest BCUT2D eigenvalue weighted by Crippen LogP contribution is 2.37. The van der Waals surface area contributed by atoms with Gasteiger partial charge >= 0.3 is 0 Å². The van der Waals surface area contributed by atoms with Gasteiger partial charge in [-0.15, -0.1) is 0 Å². The van der Waals surface area contributed by atoms with Crippen molar-refractivity contribution >= 4 is 17.3 Å². The number of nitrogens with zero attached hydrogens (tertiary/aromatic N) is 1. The van der Waals surface area contributed by atoms with Crippen LogP contribution in [0.2, 0.25) is 0 Å². The molecular weight excluding hydrogens is 380 g/mol. The Morgan fingerprint density at radius 1 is 1.17 bits per heavy atom. The molecule has 1 atom stereocenters. The molecule has 0 saturated heterocycles. The molecule has 0 bridgehead atoms. The number of nitrogens with one attached hydrogen (secondary N) is 1. The summed E-state index contributed by atoms with van der Waals surface area (Å²) in [4.78, 5) is 25.2. The number of aryl methyl sites for hydroxylation is 1. The van der Waals surface area contributed by atoms with Gasteiger partial charge in [0.15, 0.2) is 11.6 Å². The molecule has 156 valence electrons. The van der Waals surface area contributed by atoms with E-state index in [0.29, 0.717) is 42.7 Å². The van der Waals surface area contributed by atoms with E-state index in [1.807, 2.05) is 44.2 Å². The Labute approximate surface area is 175 Å². The predicted octanol–water partition coefficient (Wildman–Crippen LogP) is 4.74. The molecule has 0 radical (unpaired) electrons. The van der Waals surface area contributed by atoms with Crippen LogP contribution < -0.4 is 0 Å². The van der Waals surface area contributed by atoms with Crippen molar-refractivity contribution in [3.8, 4) is 0 Å². The monoisotopic (exact) mass is 406 g/mol. The molecule has 1 unspecified atom stereocenters. The fraction of sp³-hybridized carbons (Fsp3) is 0.417. The zero-order valence-corrected chi connectivity index (χ0v) is 17.3. The van der Waals surface area contributed by atoms with Gasteiger partial charge < -0.3 is 15.0 Å². The van der Waals surface area contributed by atoms with E-state index >= 15 is 0 Å². The zero-order valence-electron chi connectivity index (χ0n) is 17.3. The number of carbonyl (C=O) groups is 2. The van der Waals surface area contributed by atoms with E-state index in [0.717, 1.165) is 5.56 Å². The van der Waals surface area contributed by atoms with Gasteiger partial charge in [0.1, 0.15) is 11.5 Å². The average molecular weight is 406 g/mol. The second-order valence-electron chi connectivity index (χ2n) is 9.11. The van der Waals surface area contributed by atoms with Crippen molar-refractivity contribution < 1.29 is 19.2 Å². The molecule has 2 N–H and O–H groups in total. The van der Waals surface area contributed by atoms with Gasteiger partial charge in [0.25, 0.3) is 0 Å². The van der Waals surface area contributed by atoms with E-state index in [1.54, 1.807) is 0 Å². The van der Waals surface area contributed by atoms with Crippen LogP contribution in [-0.2, 0) is 17.6 Å². The van der Waals surface area contributed by atoms with E-state index in [2.05, 4.69) is 5.16 Å². The van der Waals surface area contributed by atoms with Crippen molar-refractivity contribution in [3.63, 3.8) is 0 Å². The first-order valence-corrected chi connectivity index (χ1v) is 10.3. The smallest absolute Gasteiger partial charge is 0.168 e. The van der Waals surface area contributed by atoms with Crippen LogP contribution in [0.3, 0.4) is 0 Å². The molecule has 6 heteroatoms. The van der Waals surface area contributed by atoms with E-state index < -0.39 is 0 Å². The Bertz CT molecular complexity index is 1030. The minimum Gasteiger partial charge on any atom is -0.511 e. The molecular formula is C24H26N2O4. The fourth-order valence-corrected chi connectivity index (χ4v) is 4.56. The Hall–Kier alpha value is -3.02. The number of aromatic nitrogens is 1. The third-order valence-corrected chi connectivity index (χ3v) is 6.01. The summed E-state index contributed by atoms with van der Waals surface area (Å²) < 4.78 is 5.40. The third kappa shape index (κ3) is 3.86. The fourth-order valence-electron chi connectivity index (χ4n) is 4.56. The quantitative estimate of drug-likeness (QED) is 0.564. The van der Waals surface area contributed by atoms with Crippen molar-refractivity contribution in [1.82, 2.24) is 5.16 Å². The first-order valence-electron chi connectivity index (χ1n) is 10.3. The van der Waals surface area contributed by atoms with Crippen LogP contribution in [0.1, 0.15) is 72.8 Å². The summed E-state index contributed by atoms with van der Waals surface area (Å²) >= 11 is 0. The maximum absolute atomic E-state index is 12.7. The second kappa shape index (κ2) is 7.67. The van der Waals surface area contributed by atoms with Crippen LogP contribution in [0.4, 0.5) is 0 Å². The van der Waals surface area contributed by atoms with Crippen molar-refractivity contribution in [2.45, 2.75) is 58.3 Å². The molecule has 30 heavy (non-hydrogen) atoms. The van der Waals surface area contributed by atoms with Crippen LogP contribution in [-0.4, -0.2) is 27.5 Å². The molecule has 1 fully saturated rings. The Kier molecular flexibility index (Phi) is 5.18. The first kappa shape index (κ1) is 20.3. The summed E-state index contributed by atoms with van der Waals surface area (Å²) in [6.45, 7) is 4.05. The van der Waals surface area contributed by atoms with Crippen molar-refractivity contribution in [3.05, 3.63) is 64.2 Å². The van der Waals surface area contributed by atoms with Crippen molar-refractivity contribution in [2.75, 3.05) is 0 Å². The molecule has 2 aliphatic rings. The second-order valence-corrected chi connectivity index (χ2v) is 9.11. The molecule has 1 saturated carbocycles. The van der Waals surface area contributed by atoms with Gasteiger partial charge in [0.05, 0.1) is 16.8 Å². The molecule has 0 amide bonds. The molecule has 0 spiro atoms. The topological polar surface area (TPSA) is 104 Å². The first-order chi connectivity index (χ1) is 14.2. The largest absolute Gasteiger partial charge is 0.511 e. The van der Waals surface area contributed by atoms with Crippen LogP contribution in [0.25, 0.3) is 0 Å². The van der Waals surface area contributed by atoms with Gasteiger partial charge in [-0.05, 0) is 23.3 Å². The molecule has 4 rings (SSSR count). The lowest BCUT2D eigenvalue weighted by Crippen LogP contribution is -2.27. The number of rotatable bonds is 4. The minimum absolute atomic E-state index is 0.0110. The third-order valence-electron chi connectivity index (χ3n) is 6.01. The lowest BCUT2D eigenvalue weighted by atomic mass is 9.76. The summed E-state index contributed by atoms with van der Waals surface area (Å²) in [6.07, 6.45) is 2.22. The highest BCUT2D eigenvalue weighted by molar-refractivity contribution is 6.23. The lowest BCUT2D eigenvalue weighted by molar-refractivity contribution is -0.116. The highest BCUT2D eigenvalue weighted by Gasteiger charge is 2.36. The molecule has 2 aromatic rings. The van der Waals surface area contributed by atoms with Gasteiger partial charge in [0, 0.05) is 37.8 Å². The molecule has 6 nitrogen and oxygen atoms in total. The summed E-state index contributed by atoms with van der Waals surface area (Å²) in [5, 5.41) is 23.0. The van der Waals surface area contributed by atoms with Gasteiger partial charge in [-0.2, -0.15) is 0 Å². The lowest BCUT2D eigenvalue weighted by Gasteiger charge is -2.26. The number of carbonyl (C=O) groups excluding carboxylic acids is 2. The van der Waals surface area contributed by atoms with Crippen molar-refractivity contribution in [1.29, 1.82) is 5.41 Å². The maximum atomic E-state index is 12.7. The Morgan fingerprint density at radius 3 is 2.60 bits per heavy atom. The number of fused-ring (bicyclic) bond motifs is 1. The number of aliphatic hydroxyl groups is 1. The van der Waals surface area contributed by atoms with Crippen LogP contribution >= 0.6 is 0 Å². The molecule has 1 aromatic heterocycles. The van der Waals surface area contributed by atoms with Gasteiger partial charge in [0.2, 0.25) is 0 Å².